The molecule has 14 heteroatoms. The first kappa shape index (κ1) is 49.5. The molecule has 1 aliphatic rings. The third kappa shape index (κ3) is 22.6. The lowest BCUT2D eigenvalue weighted by molar-refractivity contribution is -0.220. The van der Waals surface area contributed by atoms with Gasteiger partial charge in [-0.15, -0.1) is 0 Å². The molecule has 1 amide bonds. The molecule has 0 bridgehead atoms. The molecule has 53 heavy (non-hydrogen) atoms. The molecule has 8 unspecified atom stereocenters. The summed E-state index contributed by atoms with van der Waals surface area (Å²) in [6.45, 7) is 3.63. The summed E-state index contributed by atoms with van der Waals surface area (Å²) in [5.41, 5.74) is 0. The van der Waals surface area contributed by atoms with Gasteiger partial charge in [-0.25, -0.2) is 4.57 Å². The molecule has 13 nitrogen and oxygen atoms in total. The van der Waals surface area contributed by atoms with Crippen LogP contribution in [0.3, 0.4) is 0 Å². The number of carbonyl (C=O) groups excluding carboxylic acids is 1. The highest BCUT2D eigenvalue weighted by Gasteiger charge is 2.51. The van der Waals surface area contributed by atoms with Crippen LogP contribution in [-0.2, 0) is 18.4 Å². The second-order valence-corrected chi connectivity index (χ2v) is 15.7. The van der Waals surface area contributed by atoms with Crippen molar-refractivity contribution in [2.24, 2.45) is 0 Å². The maximum Gasteiger partial charge on any atom is 0.472 e. The van der Waals surface area contributed by atoms with Crippen LogP contribution in [0.4, 0.5) is 0 Å². The summed E-state index contributed by atoms with van der Waals surface area (Å²) in [5.74, 6) is -0.617. The first-order valence-electron chi connectivity index (χ1n) is 20.0. The number of amides is 1. The van der Waals surface area contributed by atoms with Crippen molar-refractivity contribution >= 4 is 13.7 Å². The van der Waals surface area contributed by atoms with Crippen LogP contribution in [0, 0.1) is 0 Å². The van der Waals surface area contributed by atoms with Gasteiger partial charge in [0, 0.05) is 0 Å². The van der Waals surface area contributed by atoms with Crippen LogP contribution in [0.25, 0.3) is 0 Å². The van der Waals surface area contributed by atoms with Crippen LogP contribution in [0.2, 0.25) is 0 Å². The van der Waals surface area contributed by atoms with Crippen LogP contribution >= 0.6 is 7.82 Å². The van der Waals surface area contributed by atoms with Gasteiger partial charge < -0.3 is 46.0 Å². The molecule has 1 rings (SSSR count). The van der Waals surface area contributed by atoms with Gasteiger partial charge in [-0.05, 0) is 57.8 Å². The predicted molar refractivity (Wildman–Crippen MR) is 206 cm³/mol. The van der Waals surface area contributed by atoms with Gasteiger partial charge in [-0.3, -0.25) is 13.8 Å². The first-order chi connectivity index (χ1) is 25.3. The SMILES string of the molecule is CCCCC/C=C\CCCCCC(O)CC(=O)NC(COP(=O)(O)OC1C(O)C(O)C(O)C(O)C1O)C(O)/C=C/CC/C=C/CCCCCCCCC. The molecular weight excluding hydrogens is 705 g/mol. The molecule has 1 aliphatic carbocycles. The minimum Gasteiger partial charge on any atom is -0.393 e. The number of aliphatic hydroxyl groups excluding tert-OH is 7. The normalized spacial score (nSPS) is 25.2. The van der Waals surface area contributed by atoms with Gasteiger partial charge in [0.15, 0.2) is 0 Å². The number of phosphoric acid groups is 1. The van der Waals surface area contributed by atoms with Gasteiger partial charge in [0.05, 0.1) is 31.3 Å². The summed E-state index contributed by atoms with van der Waals surface area (Å²) in [6, 6.07) is -1.26. The maximum atomic E-state index is 12.9. The highest BCUT2D eigenvalue weighted by atomic mass is 31.2. The highest BCUT2D eigenvalue weighted by Crippen LogP contribution is 2.47. The van der Waals surface area contributed by atoms with E-state index in [1.807, 2.05) is 0 Å². The average Bonchev–Trinajstić information content (AvgIpc) is 3.12. The number of phosphoric ester groups is 1. The monoisotopic (exact) mass is 777 g/mol. The number of hydrogen-bond acceptors (Lipinski definition) is 11. The fourth-order valence-corrected chi connectivity index (χ4v) is 7.04. The van der Waals surface area contributed by atoms with Crippen molar-refractivity contribution in [1.29, 1.82) is 0 Å². The lowest BCUT2D eigenvalue weighted by Gasteiger charge is -2.41. The standard InChI is InChI=1S/C39H72NO12P/c1-3-5-7-9-11-13-15-16-17-19-21-23-25-27-32(42)31(29-51-53(49,50)52-39-37(47)35(45)34(44)36(46)38(39)48)40-33(43)28-30(41)26-24-22-20-18-14-12-10-8-6-4-2/h12,14,17,19,25,27,30-32,34-39,41-42,44-48H,3-11,13,15-16,18,20-24,26,28-29H2,1-2H3,(H,40,43)(H,49,50)/b14-12-,19-17+,27-25+. The van der Waals surface area contributed by atoms with Crippen molar-refractivity contribution in [2.75, 3.05) is 6.61 Å². The van der Waals surface area contributed by atoms with E-state index in [-0.39, 0.29) is 6.42 Å². The predicted octanol–water partition coefficient (Wildman–Crippen LogP) is 5.02. The zero-order valence-corrected chi connectivity index (χ0v) is 33.1. The molecule has 310 valence electrons. The number of rotatable bonds is 31. The molecule has 0 aromatic carbocycles. The Morgan fingerprint density at radius 1 is 0.660 bits per heavy atom. The fraction of sp³-hybridized carbons (Fsp3) is 0.821. The van der Waals surface area contributed by atoms with Gasteiger partial charge in [-0.1, -0.05) is 115 Å². The van der Waals surface area contributed by atoms with Crippen molar-refractivity contribution in [1.82, 2.24) is 5.32 Å². The average molecular weight is 778 g/mol. The van der Waals surface area contributed by atoms with Crippen LogP contribution in [-0.4, -0.2) is 108 Å². The second-order valence-electron chi connectivity index (χ2n) is 14.3. The Kier molecular flexibility index (Phi) is 27.8. The molecule has 0 radical (unpaired) electrons. The Bertz CT molecular complexity index is 1060. The minimum absolute atomic E-state index is 0.264. The quantitative estimate of drug-likeness (QED) is 0.0257. The molecule has 0 saturated heterocycles. The first-order valence-corrected chi connectivity index (χ1v) is 21.5. The van der Waals surface area contributed by atoms with Crippen LogP contribution in [0.5, 0.6) is 0 Å². The summed E-state index contributed by atoms with van der Waals surface area (Å²) in [7, 11) is -5.14. The molecule has 0 heterocycles. The molecular formula is C39H72NO12P. The summed E-state index contributed by atoms with van der Waals surface area (Å²) in [6.07, 6.45) is 16.9. The van der Waals surface area contributed by atoms with E-state index in [0.717, 1.165) is 51.4 Å². The molecule has 0 spiro atoms. The lowest BCUT2D eigenvalue weighted by atomic mass is 9.85. The van der Waals surface area contributed by atoms with E-state index in [2.05, 4.69) is 43.5 Å². The number of allylic oxidation sites excluding steroid dienone is 5. The third-order valence-corrected chi connectivity index (χ3v) is 10.4. The zero-order chi connectivity index (χ0) is 39.5. The van der Waals surface area contributed by atoms with Gasteiger partial charge in [0.2, 0.25) is 5.91 Å². The van der Waals surface area contributed by atoms with Crippen molar-refractivity contribution in [3.8, 4) is 0 Å². The summed E-state index contributed by atoms with van der Waals surface area (Å²) < 4.78 is 22.7. The topological polar surface area (TPSA) is 226 Å². The van der Waals surface area contributed by atoms with Gasteiger partial charge >= 0.3 is 7.82 Å². The Morgan fingerprint density at radius 2 is 1.11 bits per heavy atom. The van der Waals surface area contributed by atoms with E-state index < -0.39 is 75.2 Å². The van der Waals surface area contributed by atoms with E-state index in [1.165, 1.54) is 63.9 Å². The number of hydrogen-bond donors (Lipinski definition) is 9. The van der Waals surface area contributed by atoms with Gasteiger partial charge in [0.25, 0.3) is 0 Å². The largest absolute Gasteiger partial charge is 0.472 e. The Balaban J connectivity index is 2.70. The van der Waals surface area contributed by atoms with Crippen molar-refractivity contribution < 1.29 is 59.0 Å². The molecule has 8 atom stereocenters. The molecule has 1 saturated carbocycles. The van der Waals surface area contributed by atoms with E-state index in [1.54, 1.807) is 6.08 Å². The molecule has 1 fully saturated rings. The number of carbonyl (C=O) groups is 1. The van der Waals surface area contributed by atoms with E-state index >= 15 is 0 Å². The van der Waals surface area contributed by atoms with Crippen molar-refractivity contribution in [3.63, 3.8) is 0 Å². The van der Waals surface area contributed by atoms with E-state index in [0.29, 0.717) is 12.8 Å². The molecule has 9 N–H and O–H groups in total. The minimum atomic E-state index is -5.14. The van der Waals surface area contributed by atoms with Crippen LogP contribution < -0.4 is 5.32 Å². The molecule has 0 aromatic heterocycles. The number of unbranched alkanes of at least 4 members (excludes halogenated alkanes) is 14. The van der Waals surface area contributed by atoms with E-state index in [4.69, 9.17) is 9.05 Å². The Morgan fingerprint density at radius 3 is 1.70 bits per heavy atom. The van der Waals surface area contributed by atoms with Crippen molar-refractivity contribution in [3.05, 3.63) is 36.5 Å². The van der Waals surface area contributed by atoms with Gasteiger partial charge in [0.1, 0.15) is 36.6 Å². The number of nitrogens with one attached hydrogen (secondary N) is 1. The van der Waals surface area contributed by atoms with E-state index in [9.17, 15) is 50.0 Å². The van der Waals surface area contributed by atoms with Crippen molar-refractivity contribution in [2.45, 2.75) is 197 Å². The zero-order valence-electron chi connectivity index (χ0n) is 32.2. The highest BCUT2D eigenvalue weighted by molar-refractivity contribution is 7.47. The molecule has 0 aliphatic heterocycles. The Hall–Kier alpha value is -1.48. The number of aliphatic hydroxyl groups is 7. The fourth-order valence-electron chi connectivity index (χ4n) is 6.07. The second kappa shape index (κ2) is 29.8. The van der Waals surface area contributed by atoms with Crippen LogP contribution in [0.15, 0.2) is 36.5 Å². The smallest absolute Gasteiger partial charge is 0.393 e. The van der Waals surface area contributed by atoms with Gasteiger partial charge in [-0.2, -0.15) is 0 Å². The Labute approximate surface area is 317 Å². The third-order valence-electron chi connectivity index (χ3n) is 9.45. The molecule has 0 aromatic rings. The maximum absolute atomic E-state index is 12.9. The summed E-state index contributed by atoms with van der Waals surface area (Å²) in [4.78, 5) is 23.3. The van der Waals surface area contributed by atoms with Crippen LogP contribution in [0.1, 0.15) is 142 Å². The lowest BCUT2D eigenvalue weighted by Crippen LogP contribution is -2.64. The summed E-state index contributed by atoms with van der Waals surface area (Å²) >= 11 is 0. The summed E-state index contributed by atoms with van der Waals surface area (Å²) in [5, 5.41) is 74.0.